The molecule has 0 aromatic carbocycles. The number of rotatable bonds is 5. The molecule has 17 heavy (non-hydrogen) atoms. The molecule has 0 saturated heterocycles. The van der Waals surface area contributed by atoms with Gasteiger partial charge in [-0.15, -0.1) is 11.3 Å². The van der Waals surface area contributed by atoms with Crippen LogP contribution in [-0.4, -0.2) is 9.78 Å². The molecule has 0 saturated carbocycles. The van der Waals surface area contributed by atoms with Crippen molar-refractivity contribution in [3.8, 4) is 0 Å². The topological polar surface area (TPSA) is 29.9 Å². The summed E-state index contributed by atoms with van der Waals surface area (Å²) in [6, 6.07) is 6.32. The van der Waals surface area contributed by atoms with Crippen molar-refractivity contribution in [3.63, 3.8) is 0 Å². The van der Waals surface area contributed by atoms with Crippen molar-refractivity contribution in [3.05, 3.63) is 34.2 Å². The third-order valence-electron chi connectivity index (χ3n) is 2.54. The van der Waals surface area contributed by atoms with Gasteiger partial charge in [0.05, 0.1) is 6.54 Å². The Hall–Kier alpha value is -1.29. The van der Waals surface area contributed by atoms with Crippen LogP contribution in [0.5, 0.6) is 0 Å². The predicted molar refractivity (Wildman–Crippen MR) is 73.4 cm³/mol. The summed E-state index contributed by atoms with van der Waals surface area (Å²) in [4.78, 5) is 1.33. The first kappa shape index (κ1) is 12.2. The molecule has 92 valence electrons. The number of aromatic nitrogens is 2. The van der Waals surface area contributed by atoms with E-state index in [9.17, 15) is 0 Å². The number of nitrogens with zero attached hydrogens (tertiary/aromatic N) is 2. The van der Waals surface area contributed by atoms with Crippen LogP contribution in [0.25, 0.3) is 0 Å². The maximum atomic E-state index is 4.56. The summed E-state index contributed by atoms with van der Waals surface area (Å²) in [5, 5.41) is 10.0. The van der Waals surface area contributed by atoms with E-state index < -0.39 is 0 Å². The highest BCUT2D eigenvalue weighted by Crippen LogP contribution is 2.14. The second kappa shape index (κ2) is 5.36. The lowest BCUT2D eigenvalue weighted by atomic mass is 10.2. The van der Waals surface area contributed by atoms with E-state index in [2.05, 4.69) is 59.4 Å². The van der Waals surface area contributed by atoms with E-state index in [1.165, 1.54) is 10.6 Å². The molecule has 0 radical (unpaired) electrons. The second-order valence-corrected chi connectivity index (χ2v) is 5.71. The van der Waals surface area contributed by atoms with Gasteiger partial charge in [0.2, 0.25) is 0 Å². The first-order chi connectivity index (χ1) is 8.15. The maximum absolute atomic E-state index is 4.56. The zero-order valence-corrected chi connectivity index (χ0v) is 11.4. The van der Waals surface area contributed by atoms with E-state index in [-0.39, 0.29) is 0 Å². The van der Waals surface area contributed by atoms with Gasteiger partial charge in [-0.25, -0.2) is 0 Å². The van der Waals surface area contributed by atoms with E-state index in [0.29, 0.717) is 5.92 Å². The van der Waals surface area contributed by atoms with Gasteiger partial charge in [0.15, 0.2) is 0 Å². The summed E-state index contributed by atoms with van der Waals surface area (Å²) < 4.78 is 2.07. The van der Waals surface area contributed by atoms with Crippen LogP contribution >= 0.6 is 11.3 Å². The molecule has 2 heterocycles. The fourth-order valence-corrected chi connectivity index (χ4v) is 2.36. The summed E-state index contributed by atoms with van der Waals surface area (Å²) in [5.74, 6) is 1.59. The van der Waals surface area contributed by atoms with Crippen LogP contribution in [0.1, 0.15) is 24.4 Å². The third kappa shape index (κ3) is 3.33. The van der Waals surface area contributed by atoms with Gasteiger partial charge >= 0.3 is 0 Å². The lowest BCUT2D eigenvalue weighted by molar-refractivity contribution is 0.475. The van der Waals surface area contributed by atoms with Crippen LogP contribution in [0, 0.1) is 12.8 Å². The van der Waals surface area contributed by atoms with Crippen molar-refractivity contribution in [1.82, 2.24) is 9.78 Å². The first-order valence-corrected chi connectivity index (χ1v) is 6.84. The molecule has 0 unspecified atom stereocenters. The molecule has 2 aromatic rings. The first-order valence-electron chi connectivity index (χ1n) is 5.96. The van der Waals surface area contributed by atoms with Gasteiger partial charge < -0.3 is 5.32 Å². The van der Waals surface area contributed by atoms with Gasteiger partial charge in [-0.05, 0) is 24.3 Å². The Morgan fingerprint density at radius 3 is 2.94 bits per heavy atom. The minimum absolute atomic E-state index is 0.624. The smallest absolute Gasteiger partial charge is 0.148 e. The van der Waals surface area contributed by atoms with Crippen molar-refractivity contribution in [2.24, 2.45) is 5.92 Å². The second-order valence-electron chi connectivity index (χ2n) is 4.68. The van der Waals surface area contributed by atoms with Gasteiger partial charge in [0.1, 0.15) is 5.82 Å². The van der Waals surface area contributed by atoms with E-state index >= 15 is 0 Å². The van der Waals surface area contributed by atoms with Crippen LogP contribution < -0.4 is 5.32 Å². The van der Waals surface area contributed by atoms with E-state index in [1.54, 1.807) is 11.3 Å². The Morgan fingerprint density at radius 1 is 1.47 bits per heavy atom. The summed E-state index contributed by atoms with van der Waals surface area (Å²) >= 11 is 1.77. The van der Waals surface area contributed by atoms with E-state index in [1.807, 2.05) is 0 Å². The summed E-state index contributed by atoms with van der Waals surface area (Å²) in [6.45, 7) is 8.35. The summed E-state index contributed by atoms with van der Waals surface area (Å²) in [5.41, 5.74) is 1.22. The monoisotopic (exact) mass is 249 g/mol. The van der Waals surface area contributed by atoms with Crippen LogP contribution in [-0.2, 0) is 13.1 Å². The summed E-state index contributed by atoms with van der Waals surface area (Å²) in [7, 11) is 0. The van der Waals surface area contributed by atoms with Crippen molar-refractivity contribution in [2.45, 2.75) is 33.9 Å². The Balaban J connectivity index is 1.97. The molecular weight excluding hydrogens is 230 g/mol. The number of hydrogen-bond acceptors (Lipinski definition) is 3. The zero-order chi connectivity index (χ0) is 12.3. The Labute approximate surface area is 106 Å². The molecule has 0 aliphatic heterocycles. The number of aryl methyl sites for hydroxylation is 1. The van der Waals surface area contributed by atoms with Crippen LogP contribution in [0.15, 0.2) is 23.6 Å². The highest BCUT2D eigenvalue weighted by atomic mass is 32.1. The molecule has 0 atom stereocenters. The Bertz CT molecular complexity index is 457. The molecule has 0 aliphatic rings. The quantitative estimate of drug-likeness (QED) is 0.878. The van der Waals surface area contributed by atoms with Crippen LogP contribution in [0.4, 0.5) is 5.82 Å². The van der Waals surface area contributed by atoms with Gasteiger partial charge in [0.25, 0.3) is 0 Å². The largest absolute Gasteiger partial charge is 0.364 e. The van der Waals surface area contributed by atoms with Gasteiger partial charge in [0, 0.05) is 23.2 Å². The number of nitrogens with one attached hydrogen (secondary N) is 1. The Morgan fingerprint density at radius 2 is 2.29 bits per heavy atom. The van der Waals surface area contributed by atoms with Crippen LogP contribution in [0.3, 0.4) is 0 Å². The number of hydrogen-bond donors (Lipinski definition) is 1. The average molecular weight is 249 g/mol. The lowest BCUT2D eigenvalue weighted by Gasteiger charge is -2.06. The molecule has 2 aromatic heterocycles. The van der Waals surface area contributed by atoms with Crippen molar-refractivity contribution < 1.29 is 0 Å². The molecule has 0 amide bonds. The van der Waals surface area contributed by atoms with Gasteiger partial charge in [-0.1, -0.05) is 19.9 Å². The van der Waals surface area contributed by atoms with Crippen molar-refractivity contribution in [2.75, 3.05) is 5.32 Å². The van der Waals surface area contributed by atoms with Crippen molar-refractivity contribution >= 4 is 17.2 Å². The molecule has 0 aliphatic carbocycles. The van der Waals surface area contributed by atoms with Gasteiger partial charge in [-0.2, -0.15) is 5.10 Å². The maximum Gasteiger partial charge on any atom is 0.148 e. The van der Waals surface area contributed by atoms with Gasteiger partial charge in [-0.3, -0.25) is 4.68 Å². The average Bonchev–Trinajstić information content (AvgIpc) is 2.86. The predicted octanol–water partition coefficient (Wildman–Crippen LogP) is 3.52. The third-order valence-corrected chi connectivity index (χ3v) is 3.42. The SMILES string of the molecule is Cc1cc(NCc2cccs2)nn1CC(C)C. The molecule has 4 heteroatoms. The number of anilines is 1. The normalized spacial score (nSPS) is 11.1. The molecule has 0 bridgehead atoms. The molecule has 1 N–H and O–H groups in total. The van der Waals surface area contributed by atoms with E-state index in [4.69, 9.17) is 0 Å². The molecule has 2 rings (SSSR count). The fourth-order valence-electron chi connectivity index (χ4n) is 1.72. The Kier molecular flexibility index (Phi) is 3.84. The van der Waals surface area contributed by atoms with Crippen molar-refractivity contribution in [1.29, 1.82) is 0 Å². The van der Waals surface area contributed by atoms with E-state index in [0.717, 1.165) is 18.9 Å². The molecule has 3 nitrogen and oxygen atoms in total. The lowest BCUT2D eigenvalue weighted by Crippen LogP contribution is -2.08. The molecule has 0 fully saturated rings. The summed E-state index contributed by atoms with van der Waals surface area (Å²) in [6.07, 6.45) is 0. The number of thiophene rings is 1. The highest BCUT2D eigenvalue weighted by Gasteiger charge is 2.05. The molecule has 0 spiro atoms. The fraction of sp³-hybridized carbons (Fsp3) is 0.462. The highest BCUT2D eigenvalue weighted by molar-refractivity contribution is 7.09. The standard InChI is InChI=1S/C13H19N3S/c1-10(2)9-16-11(3)7-13(15-16)14-8-12-5-4-6-17-12/h4-7,10H,8-9H2,1-3H3,(H,14,15). The van der Waals surface area contributed by atoms with Crippen LogP contribution in [0.2, 0.25) is 0 Å². The minimum atomic E-state index is 0.624. The minimum Gasteiger partial charge on any atom is -0.364 e. The zero-order valence-electron chi connectivity index (χ0n) is 10.6. The molecular formula is C13H19N3S.